The molecule has 2 bridgehead atoms. The first-order chi connectivity index (χ1) is 13.5. The summed E-state index contributed by atoms with van der Waals surface area (Å²) in [5.41, 5.74) is 2.43. The molecule has 1 aliphatic heterocycles. The summed E-state index contributed by atoms with van der Waals surface area (Å²) in [7, 11) is 0. The molecule has 0 unspecified atom stereocenters. The minimum absolute atomic E-state index is 0.0401. The molecule has 3 aliphatic carbocycles. The first kappa shape index (κ1) is 18.0. The van der Waals surface area contributed by atoms with Gasteiger partial charge in [0.25, 0.3) is 0 Å². The van der Waals surface area contributed by atoms with Crippen molar-refractivity contribution in [1.82, 2.24) is 4.90 Å². The zero-order chi connectivity index (χ0) is 19.5. The van der Waals surface area contributed by atoms with Crippen molar-refractivity contribution < 1.29 is 14.7 Å². The van der Waals surface area contributed by atoms with Crippen molar-refractivity contribution in [1.29, 1.82) is 0 Å². The number of nitrogens with zero attached hydrogens (tertiary/aromatic N) is 1. The van der Waals surface area contributed by atoms with Gasteiger partial charge in [0.15, 0.2) is 0 Å². The Kier molecular flexibility index (Phi) is 4.15. The van der Waals surface area contributed by atoms with Crippen molar-refractivity contribution in [2.75, 3.05) is 0 Å². The largest absolute Gasteiger partial charge is 0.550 e. The van der Waals surface area contributed by atoms with Gasteiger partial charge in [0, 0.05) is 24.0 Å². The van der Waals surface area contributed by atoms with Crippen LogP contribution in [0.5, 0.6) is 0 Å². The monoisotopic (exact) mass is 378 g/mol. The molecule has 5 atom stereocenters. The van der Waals surface area contributed by atoms with E-state index in [0.717, 1.165) is 38.5 Å². The molecule has 28 heavy (non-hydrogen) atoms. The summed E-state index contributed by atoms with van der Waals surface area (Å²) < 4.78 is 0. The van der Waals surface area contributed by atoms with Crippen LogP contribution in [0.3, 0.4) is 0 Å². The molecule has 2 fully saturated rings. The lowest BCUT2D eigenvalue weighted by Gasteiger charge is -2.44. The van der Waals surface area contributed by atoms with Gasteiger partial charge in [-0.3, -0.25) is 4.79 Å². The number of aliphatic carboxylic acids is 1. The average molecular weight is 378 g/mol. The van der Waals surface area contributed by atoms with Gasteiger partial charge in [-0.1, -0.05) is 56.2 Å². The molecule has 5 rings (SSSR count). The van der Waals surface area contributed by atoms with Crippen molar-refractivity contribution in [3.05, 3.63) is 47.5 Å². The van der Waals surface area contributed by atoms with E-state index in [4.69, 9.17) is 0 Å². The molecule has 1 spiro atoms. The topological polar surface area (TPSA) is 60.4 Å². The molecular weight excluding hydrogens is 350 g/mol. The molecular formula is C24H28NO3-. The molecule has 1 aromatic rings. The second-order valence-corrected chi connectivity index (χ2v) is 9.48. The smallest absolute Gasteiger partial charge is 0.227 e. The van der Waals surface area contributed by atoms with Gasteiger partial charge in [0.2, 0.25) is 5.91 Å². The number of benzene rings is 1. The summed E-state index contributed by atoms with van der Waals surface area (Å²) in [6.45, 7) is 2.88. The number of carboxylic acids is 1. The van der Waals surface area contributed by atoms with Gasteiger partial charge in [-0.25, -0.2) is 0 Å². The average Bonchev–Trinajstić information content (AvgIpc) is 3.40. The van der Waals surface area contributed by atoms with E-state index in [1.54, 1.807) is 0 Å². The number of hydrogen-bond acceptors (Lipinski definition) is 3. The maximum Gasteiger partial charge on any atom is 0.227 e. The van der Waals surface area contributed by atoms with E-state index >= 15 is 0 Å². The van der Waals surface area contributed by atoms with Gasteiger partial charge in [-0.15, -0.1) is 0 Å². The summed E-state index contributed by atoms with van der Waals surface area (Å²) in [6, 6.07) is 8.46. The fraction of sp³-hybridized carbons (Fsp3) is 0.583. The normalized spacial score (nSPS) is 35.2. The number of amides is 1. The van der Waals surface area contributed by atoms with Crippen LogP contribution in [0, 0.1) is 23.7 Å². The van der Waals surface area contributed by atoms with Crippen LogP contribution in [0.4, 0.5) is 0 Å². The van der Waals surface area contributed by atoms with Crippen LogP contribution in [-0.4, -0.2) is 22.3 Å². The molecule has 0 N–H and O–H groups in total. The number of fused-ring (bicyclic) bond motifs is 3. The number of carbonyl (C=O) groups is 2. The molecule has 0 radical (unpaired) electrons. The first-order valence-electron chi connectivity index (χ1n) is 10.8. The number of carboxylic acid groups (broad SMARTS) is 1. The molecule has 0 saturated heterocycles. The minimum atomic E-state index is -1.06. The standard InChI is InChI=1S/C24H29NO3/c1-15-13-24(10-4-5-11-24)25(14-18-6-2-3-7-19(15)18)22(26)20-16-8-9-17(12-16)21(20)23(27)28/h2-3,6-9,15-17,20-21H,4-5,10-14H2,1H3,(H,27,28)/p-1/t15-,16+,17+,20+,21-/m1/s1. The Hall–Kier alpha value is -2.10. The molecule has 1 amide bonds. The quantitative estimate of drug-likeness (QED) is 0.743. The third-order valence-electron chi connectivity index (χ3n) is 7.99. The van der Waals surface area contributed by atoms with Gasteiger partial charge >= 0.3 is 0 Å². The zero-order valence-corrected chi connectivity index (χ0v) is 16.5. The molecule has 4 aliphatic rings. The lowest BCUT2D eigenvalue weighted by molar-refractivity contribution is -0.313. The van der Waals surface area contributed by atoms with Crippen LogP contribution in [0.2, 0.25) is 0 Å². The van der Waals surface area contributed by atoms with Crippen molar-refractivity contribution >= 4 is 11.9 Å². The van der Waals surface area contributed by atoms with Crippen molar-refractivity contribution in [2.45, 2.75) is 63.5 Å². The highest BCUT2D eigenvalue weighted by Crippen LogP contribution is 2.52. The Bertz CT molecular complexity index is 838. The van der Waals surface area contributed by atoms with Crippen molar-refractivity contribution in [2.24, 2.45) is 23.7 Å². The molecule has 1 aromatic carbocycles. The Morgan fingerprint density at radius 2 is 1.75 bits per heavy atom. The van der Waals surface area contributed by atoms with Crippen molar-refractivity contribution in [3.63, 3.8) is 0 Å². The number of rotatable bonds is 2. The van der Waals surface area contributed by atoms with Crippen LogP contribution < -0.4 is 5.11 Å². The van der Waals surface area contributed by atoms with E-state index in [9.17, 15) is 14.7 Å². The van der Waals surface area contributed by atoms with Crippen molar-refractivity contribution in [3.8, 4) is 0 Å². The lowest BCUT2D eigenvalue weighted by atomic mass is 9.79. The molecule has 2 saturated carbocycles. The van der Waals surface area contributed by atoms with Gasteiger partial charge in [0.05, 0.1) is 5.92 Å². The summed E-state index contributed by atoms with van der Waals surface area (Å²) >= 11 is 0. The Balaban J connectivity index is 1.55. The Labute approximate surface area is 166 Å². The molecule has 148 valence electrons. The summed E-state index contributed by atoms with van der Waals surface area (Å²) in [5, 5.41) is 11.9. The lowest BCUT2D eigenvalue weighted by Crippen LogP contribution is -2.54. The molecule has 4 heteroatoms. The number of carbonyl (C=O) groups excluding carboxylic acids is 2. The van der Waals surface area contributed by atoms with Crippen LogP contribution >= 0.6 is 0 Å². The predicted octanol–water partition coefficient (Wildman–Crippen LogP) is 3.02. The maximum absolute atomic E-state index is 13.9. The van der Waals surface area contributed by atoms with E-state index in [1.165, 1.54) is 11.1 Å². The fourth-order valence-electron chi connectivity index (χ4n) is 6.77. The Morgan fingerprint density at radius 1 is 1.07 bits per heavy atom. The van der Waals surface area contributed by atoms with Crippen LogP contribution in [0.1, 0.15) is 62.5 Å². The van der Waals surface area contributed by atoms with E-state index in [1.807, 2.05) is 12.1 Å². The second kappa shape index (κ2) is 6.47. The Morgan fingerprint density at radius 3 is 2.46 bits per heavy atom. The molecule has 1 heterocycles. The van der Waals surface area contributed by atoms with Gasteiger partial charge in [0.1, 0.15) is 0 Å². The number of allylic oxidation sites excluding steroid dienone is 2. The third kappa shape index (κ3) is 2.57. The summed E-state index contributed by atoms with van der Waals surface area (Å²) in [4.78, 5) is 27.9. The first-order valence-corrected chi connectivity index (χ1v) is 10.8. The van der Waals surface area contributed by atoms with Gasteiger partial charge in [-0.05, 0) is 54.6 Å². The van der Waals surface area contributed by atoms with Gasteiger partial charge < -0.3 is 14.8 Å². The molecule has 0 aromatic heterocycles. The predicted molar refractivity (Wildman–Crippen MR) is 104 cm³/mol. The highest BCUT2D eigenvalue weighted by atomic mass is 16.4. The fourth-order valence-corrected chi connectivity index (χ4v) is 6.77. The van der Waals surface area contributed by atoms with Crippen LogP contribution in [0.15, 0.2) is 36.4 Å². The summed E-state index contributed by atoms with van der Waals surface area (Å²) in [5.74, 6) is -1.72. The van der Waals surface area contributed by atoms with E-state index < -0.39 is 17.8 Å². The SMILES string of the molecule is C[C@@H]1CC2(CCCC2)N(C(=O)[C@@H]2[C@H](C(=O)[O-])[C@H]3C=C[C@H]2C3)Cc2ccccc21. The maximum atomic E-state index is 13.9. The number of hydrogen-bond donors (Lipinski definition) is 0. The highest BCUT2D eigenvalue weighted by molar-refractivity contribution is 5.87. The van der Waals surface area contributed by atoms with Crippen LogP contribution in [0.25, 0.3) is 0 Å². The zero-order valence-electron chi connectivity index (χ0n) is 16.5. The highest BCUT2D eigenvalue weighted by Gasteiger charge is 2.53. The van der Waals surface area contributed by atoms with Crippen LogP contribution in [-0.2, 0) is 16.1 Å². The molecule has 4 nitrogen and oxygen atoms in total. The van der Waals surface area contributed by atoms with E-state index in [0.29, 0.717) is 12.5 Å². The summed E-state index contributed by atoms with van der Waals surface area (Å²) in [6.07, 6.45) is 10.2. The van der Waals surface area contributed by atoms with Gasteiger partial charge in [-0.2, -0.15) is 0 Å². The van der Waals surface area contributed by atoms with E-state index in [-0.39, 0.29) is 23.3 Å². The minimum Gasteiger partial charge on any atom is -0.550 e. The van der Waals surface area contributed by atoms with E-state index in [2.05, 4.69) is 36.1 Å². The third-order valence-corrected chi connectivity index (χ3v) is 7.99. The second-order valence-electron chi connectivity index (χ2n) is 9.48.